The smallest absolute Gasteiger partial charge is 0.256 e. The fourth-order valence-corrected chi connectivity index (χ4v) is 2.74. The fourth-order valence-electron chi connectivity index (χ4n) is 2.54. The highest BCUT2D eigenvalue weighted by molar-refractivity contribution is 6.30. The van der Waals surface area contributed by atoms with Crippen LogP contribution in [0.5, 0.6) is 0 Å². The van der Waals surface area contributed by atoms with Gasteiger partial charge in [0, 0.05) is 11.1 Å². The molecule has 0 unspecified atom stereocenters. The van der Waals surface area contributed by atoms with Gasteiger partial charge >= 0.3 is 0 Å². The van der Waals surface area contributed by atoms with E-state index in [4.69, 9.17) is 11.6 Å². The number of fused-ring (bicyclic) bond motifs is 1. The molecule has 0 fully saturated rings. The van der Waals surface area contributed by atoms with Crippen LogP contribution in [-0.4, -0.2) is 31.1 Å². The maximum atomic E-state index is 12.7. The van der Waals surface area contributed by atoms with Gasteiger partial charge in [-0.3, -0.25) is 4.79 Å². The third-order valence-electron chi connectivity index (χ3n) is 3.65. The van der Waals surface area contributed by atoms with Gasteiger partial charge in [-0.15, -0.1) is 5.10 Å². The van der Waals surface area contributed by atoms with E-state index >= 15 is 0 Å². The first-order valence-corrected chi connectivity index (χ1v) is 7.78. The largest absolute Gasteiger partial charge is 0.322 e. The predicted octanol–water partition coefficient (Wildman–Crippen LogP) is 3.12. The van der Waals surface area contributed by atoms with E-state index in [2.05, 4.69) is 25.8 Å². The number of nitrogens with zero attached hydrogens (tertiary/aromatic N) is 5. The number of carbonyl (C=O) groups excluding carboxylic acids is 1. The number of carbonyl (C=O) groups is 1. The lowest BCUT2D eigenvalue weighted by atomic mass is 10.1. The average Bonchev–Trinajstić information content (AvgIpc) is 3.16. The second-order valence-electron chi connectivity index (χ2n) is 5.27. The van der Waals surface area contributed by atoms with Crippen LogP contribution in [0.2, 0.25) is 5.15 Å². The topological polar surface area (TPSA) is 85.6 Å². The van der Waals surface area contributed by atoms with Crippen LogP contribution in [-0.2, 0) is 0 Å². The van der Waals surface area contributed by atoms with Crippen LogP contribution < -0.4 is 5.32 Å². The van der Waals surface area contributed by atoms with Crippen molar-refractivity contribution in [3.05, 3.63) is 71.6 Å². The second-order valence-corrected chi connectivity index (χ2v) is 5.66. The summed E-state index contributed by atoms with van der Waals surface area (Å²) < 4.78 is 1.51. The summed E-state index contributed by atoms with van der Waals surface area (Å²) in [5.74, 6) is -0.269. The van der Waals surface area contributed by atoms with Crippen molar-refractivity contribution in [3.63, 3.8) is 0 Å². The van der Waals surface area contributed by atoms with E-state index in [0.717, 1.165) is 11.1 Å². The molecule has 0 atom stereocenters. The molecule has 7 nitrogen and oxygen atoms in total. The molecule has 122 valence electrons. The van der Waals surface area contributed by atoms with Crippen molar-refractivity contribution in [3.8, 4) is 5.69 Å². The molecule has 1 N–H and O–H groups in total. The van der Waals surface area contributed by atoms with Gasteiger partial charge in [-0.05, 0) is 40.8 Å². The summed E-state index contributed by atoms with van der Waals surface area (Å²) in [5.41, 5.74) is 2.49. The average molecular weight is 351 g/mol. The molecule has 1 amide bonds. The lowest BCUT2D eigenvalue weighted by molar-refractivity contribution is 0.102. The minimum absolute atomic E-state index is 0.269. The van der Waals surface area contributed by atoms with Crippen molar-refractivity contribution >= 4 is 34.1 Å². The molecule has 0 aliphatic rings. The number of pyridine rings is 1. The fraction of sp³-hybridized carbons (Fsp3) is 0. The van der Waals surface area contributed by atoms with Gasteiger partial charge in [0.15, 0.2) is 0 Å². The Hall–Kier alpha value is -3.32. The SMILES string of the molecule is O=C(Nc1cccc(-n2cnnn2)c1)c1cc(Cl)nc2ccccc12. The second kappa shape index (κ2) is 6.29. The van der Waals surface area contributed by atoms with Crippen LogP contribution in [0.25, 0.3) is 16.6 Å². The molecule has 4 rings (SSSR count). The molecule has 2 aromatic carbocycles. The highest BCUT2D eigenvalue weighted by Crippen LogP contribution is 2.22. The van der Waals surface area contributed by atoms with Crippen molar-refractivity contribution in [1.82, 2.24) is 25.2 Å². The van der Waals surface area contributed by atoms with Gasteiger partial charge in [0.1, 0.15) is 11.5 Å². The van der Waals surface area contributed by atoms with Crippen LogP contribution in [0, 0.1) is 0 Å². The number of rotatable bonds is 3. The van der Waals surface area contributed by atoms with Gasteiger partial charge in [-0.2, -0.15) is 0 Å². The van der Waals surface area contributed by atoms with E-state index in [1.165, 1.54) is 11.0 Å². The number of hydrogen-bond donors (Lipinski definition) is 1. The number of benzene rings is 2. The Morgan fingerprint density at radius 2 is 1.96 bits per heavy atom. The number of amides is 1. The molecule has 25 heavy (non-hydrogen) atoms. The highest BCUT2D eigenvalue weighted by Gasteiger charge is 2.13. The Morgan fingerprint density at radius 1 is 1.08 bits per heavy atom. The molecule has 4 aromatic rings. The van der Waals surface area contributed by atoms with Crippen LogP contribution >= 0.6 is 11.6 Å². The number of halogens is 1. The standard InChI is InChI=1S/C17H11ClN6O/c18-16-9-14(13-6-1-2-7-15(13)21-16)17(25)20-11-4-3-5-12(8-11)24-10-19-22-23-24/h1-10H,(H,20,25). The molecule has 0 spiro atoms. The summed E-state index contributed by atoms with van der Waals surface area (Å²) in [6.07, 6.45) is 1.48. The van der Waals surface area contributed by atoms with Crippen LogP contribution in [0.4, 0.5) is 5.69 Å². The van der Waals surface area contributed by atoms with Crippen LogP contribution in [0.1, 0.15) is 10.4 Å². The van der Waals surface area contributed by atoms with Gasteiger partial charge < -0.3 is 5.32 Å². The Labute approximate surface area is 147 Å². The first-order chi connectivity index (χ1) is 12.2. The summed E-state index contributed by atoms with van der Waals surface area (Å²) in [4.78, 5) is 17.0. The van der Waals surface area contributed by atoms with Crippen molar-refractivity contribution in [1.29, 1.82) is 0 Å². The predicted molar refractivity (Wildman–Crippen MR) is 93.9 cm³/mol. The minimum atomic E-state index is -0.269. The van der Waals surface area contributed by atoms with Gasteiger partial charge in [-0.1, -0.05) is 35.9 Å². The first-order valence-electron chi connectivity index (χ1n) is 7.41. The number of tetrazole rings is 1. The number of nitrogens with one attached hydrogen (secondary N) is 1. The molecule has 0 aliphatic heterocycles. The Morgan fingerprint density at radius 3 is 2.80 bits per heavy atom. The Balaban J connectivity index is 1.68. The van der Waals surface area contributed by atoms with Gasteiger partial charge in [0.2, 0.25) is 0 Å². The molecule has 0 saturated heterocycles. The Bertz CT molecular complexity index is 1060. The zero-order chi connectivity index (χ0) is 17.2. The molecule has 8 heteroatoms. The van der Waals surface area contributed by atoms with Gasteiger partial charge in [0.05, 0.1) is 16.8 Å². The lowest BCUT2D eigenvalue weighted by Gasteiger charge is -2.09. The molecule has 0 radical (unpaired) electrons. The number of anilines is 1. The monoisotopic (exact) mass is 350 g/mol. The molecule has 0 aliphatic carbocycles. The van der Waals surface area contributed by atoms with E-state index < -0.39 is 0 Å². The number of para-hydroxylation sites is 1. The Kier molecular flexibility index (Phi) is 3.83. The molecule has 0 saturated carbocycles. The molecule has 2 aromatic heterocycles. The maximum Gasteiger partial charge on any atom is 0.256 e. The van der Waals surface area contributed by atoms with E-state index in [1.807, 2.05) is 36.4 Å². The quantitative estimate of drug-likeness (QED) is 0.574. The van der Waals surface area contributed by atoms with Crippen molar-refractivity contribution in [2.75, 3.05) is 5.32 Å². The van der Waals surface area contributed by atoms with Gasteiger partial charge in [0.25, 0.3) is 5.91 Å². The van der Waals surface area contributed by atoms with Gasteiger partial charge in [-0.25, -0.2) is 9.67 Å². The summed E-state index contributed by atoms with van der Waals surface area (Å²) in [6.45, 7) is 0. The zero-order valence-electron chi connectivity index (χ0n) is 12.8. The number of hydrogen-bond acceptors (Lipinski definition) is 5. The first kappa shape index (κ1) is 15.2. The summed E-state index contributed by atoms with van der Waals surface area (Å²) >= 11 is 6.05. The lowest BCUT2D eigenvalue weighted by Crippen LogP contribution is -2.13. The molecule has 0 bridgehead atoms. The highest BCUT2D eigenvalue weighted by atomic mass is 35.5. The van der Waals surface area contributed by atoms with Crippen molar-refractivity contribution < 1.29 is 4.79 Å². The minimum Gasteiger partial charge on any atom is -0.322 e. The van der Waals surface area contributed by atoms with E-state index in [9.17, 15) is 4.79 Å². The van der Waals surface area contributed by atoms with E-state index in [1.54, 1.807) is 18.2 Å². The summed E-state index contributed by atoms with van der Waals surface area (Å²) in [7, 11) is 0. The number of aromatic nitrogens is 5. The third kappa shape index (κ3) is 3.05. The normalized spacial score (nSPS) is 10.8. The maximum absolute atomic E-state index is 12.7. The van der Waals surface area contributed by atoms with Crippen LogP contribution in [0.15, 0.2) is 60.9 Å². The summed E-state index contributed by atoms with van der Waals surface area (Å²) in [5, 5.41) is 14.9. The molecule has 2 heterocycles. The van der Waals surface area contributed by atoms with Crippen LogP contribution in [0.3, 0.4) is 0 Å². The zero-order valence-corrected chi connectivity index (χ0v) is 13.6. The van der Waals surface area contributed by atoms with Crippen molar-refractivity contribution in [2.45, 2.75) is 0 Å². The van der Waals surface area contributed by atoms with E-state index in [-0.39, 0.29) is 11.1 Å². The third-order valence-corrected chi connectivity index (χ3v) is 3.84. The molecular formula is C17H11ClN6O. The summed E-state index contributed by atoms with van der Waals surface area (Å²) in [6, 6.07) is 16.1. The van der Waals surface area contributed by atoms with Crippen molar-refractivity contribution in [2.24, 2.45) is 0 Å². The van der Waals surface area contributed by atoms with E-state index in [0.29, 0.717) is 16.8 Å². The molecular weight excluding hydrogens is 340 g/mol.